The summed E-state index contributed by atoms with van der Waals surface area (Å²) in [5, 5.41) is 19.1. The molecule has 1 aromatic carbocycles. The molecule has 30 heavy (non-hydrogen) atoms. The van der Waals surface area contributed by atoms with Crippen LogP contribution in [-0.2, 0) is 0 Å². The number of aromatic nitrogens is 4. The molecule has 4 atom stereocenters. The molecule has 2 aromatic heterocycles. The smallest absolute Gasteiger partial charge is 0.151 e. The Balaban J connectivity index is 1.36. The summed E-state index contributed by atoms with van der Waals surface area (Å²) < 4.78 is 16.9. The van der Waals surface area contributed by atoms with Crippen LogP contribution in [0.3, 0.4) is 0 Å². The molecule has 2 aliphatic rings. The van der Waals surface area contributed by atoms with E-state index >= 15 is 4.39 Å². The van der Waals surface area contributed by atoms with Crippen LogP contribution in [0.25, 0.3) is 16.9 Å². The molecular weight excluding hydrogens is 383 g/mol. The molecule has 0 aliphatic carbocycles. The van der Waals surface area contributed by atoms with Gasteiger partial charge in [-0.25, -0.2) is 9.37 Å². The van der Waals surface area contributed by atoms with Crippen molar-refractivity contribution in [3.63, 3.8) is 0 Å². The van der Waals surface area contributed by atoms with E-state index in [1.165, 1.54) is 0 Å². The van der Waals surface area contributed by atoms with E-state index in [0.717, 1.165) is 24.9 Å². The van der Waals surface area contributed by atoms with Gasteiger partial charge in [-0.1, -0.05) is 0 Å². The van der Waals surface area contributed by atoms with Crippen molar-refractivity contribution in [2.45, 2.75) is 43.6 Å². The second-order valence-electron chi connectivity index (χ2n) is 8.27. The summed E-state index contributed by atoms with van der Waals surface area (Å²) in [6, 6.07) is 9.27. The van der Waals surface area contributed by atoms with Crippen LogP contribution in [0.4, 0.5) is 10.2 Å². The Hall–Kier alpha value is -3.00. The molecule has 7 nitrogen and oxygen atoms in total. The van der Waals surface area contributed by atoms with Gasteiger partial charge in [0.2, 0.25) is 0 Å². The molecule has 156 valence electrons. The van der Waals surface area contributed by atoms with Gasteiger partial charge in [0.05, 0.1) is 23.8 Å². The van der Waals surface area contributed by atoms with Crippen LogP contribution < -0.4 is 4.90 Å². The van der Waals surface area contributed by atoms with Crippen molar-refractivity contribution in [3.8, 4) is 22.7 Å². The number of alkyl halides is 1. The highest BCUT2D eigenvalue weighted by Gasteiger charge is 2.47. The highest BCUT2D eigenvalue weighted by atomic mass is 19.1. The van der Waals surface area contributed by atoms with Gasteiger partial charge in [0.1, 0.15) is 11.9 Å². The third-order valence-electron chi connectivity index (χ3n) is 6.71. The molecule has 0 spiro atoms. The number of aromatic hydroxyl groups is 1. The number of hydrogen-bond donors (Lipinski definition) is 1. The molecule has 2 unspecified atom stereocenters. The number of anilines is 1. The van der Waals surface area contributed by atoms with Crippen LogP contribution in [-0.4, -0.2) is 68.1 Å². The average molecular weight is 408 g/mol. The zero-order valence-electron chi connectivity index (χ0n) is 17.1. The van der Waals surface area contributed by atoms with E-state index in [9.17, 15) is 5.11 Å². The fourth-order valence-corrected chi connectivity index (χ4v) is 4.88. The van der Waals surface area contributed by atoms with E-state index in [2.05, 4.69) is 20.1 Å². The third-order valence-corrected chi connectivity index (χ3v) is 6.71. The first-order chi connectivity index (χ1) is 14.5. The molecule has 8 heteroatoms. The number of halogens is 1. The Morgan fingerprint density at radius 2 is 2.03 bits per heavy atom. The van der Waals surface area contributed by atoms with Crippen molar-refractivity contribution >= 4 is 5.82 Å². The van der Waals surface area contributed by atoms with Crippen molar-refractivity contribution in [3.05, 3.63) is 49.1 Å². The zero-order valence-corrected chi connectivity index (χ0v) is 17.1. The summed E-state index contributed by atoms with van der Waals surface area (Å²) in [6.07, 6.45) is 7.04. The maximum atomic E-state index is 15.1. The summed E-state index contributed by atoms with van der Waals surface area (Å²) >= 11 is 0. The molecule has 2 aliphatic heterocycles. The number of piperidine rings is 1. The number of nitrogens with zero attached hydrogens (tertiary/aromatic N) is 6. The topological polar surface area (TPSA) is 70.3 Å². The van der Waals surface area contributed by atoms with Gasteiger partial charge in [0, 0.05) is 43.2 Å². The Labute approximate surface area is 174 Å². The van der Waals surface area contributed by atoms with Gasteiger partial charge < -0.3 is 14.6 Å². The summed E-state index contributed by atoms with van der Waals surface area (Å²) in [5.74, 6) is 0.761. The molecule has 3 aromatic rings. The number of imidazole rings is 1. The van der Waals surface area contributed by atoms with E-state index in [-0.39, 0.29) is 17.8 Å². The molecule has 0 radical (unpaired) electrons. The Kier molecular flexibility index (Phi) is 4.66. The highest BCUT2D eigenvalue weighted by Crippen LogP contribution is 2.39. The predicted octanol–water partition coefficient (Wildman–Crippen LogP) is 3.04. The summed E-state index contributed by atoms with van der Waals surface area (Å²) in [7, 11) is 3.92. The second kappa shape index (κ2) is 7.36. The number of rotatable bonds is 4. The fraction of sp³-hybridized carbons (Fsp3) is 0.409. The average Bonchev–Trinajstić information content (AvgIpc) is 3.37. The minimum Gasteiger partial charge on any atom is -0.507 e. The SMILES string of the molecule is CN1C2CCC1[C@@H](F)[C@@H](N(C)c1ccc(-c3ccc(-n4ccnc4)cc3O)nn1)C2. The van der Waals surface area contributed by atoms with Crippen molar-refractivity contribution < 1.29 is 9.50 Å². The van der Waals surface area contributed by atoms with Crippen molar-refractivity contribution in [1.29, 1.82) is 0 Å². The monoisotopic (exact) mass is 408 g/mol. The van der Waals surface area contributed by atoms with Crippen molar-refractivity contribution in [2.24, 2.45) is 0 Å². The van der Waals surface area contributed by atoms with E-state index < -0.39 is 6.17 Å². The lowest BCUT2D eigenvalue weighted by molar-refractivity contribution is 0.0701. The van der Waals surface area contributed by atoms with Gasteiger partial charge in [0.15, 0.2) is 5.82 Å². The number of fused-ring (bicyclic) bond motifs is 2. The second-order valence-corrected chi connectivity index (χ2v) is 8.27. The number of phenolic OH excluding ortho intramolecular Hbond substituents is 1. The summed E-state index contributed by atoms with van der Waals surface area (Å²) in [6.45, 7) is 0. The van der Waals surface area contributed by atoms with Gasteiger partial charge in [-0.3, -0.25) is 4.90 Å². The Morgan fingerprint density at radius 3 is 2.73 bits per heavy atom. The standard InChI is InChI=1S/C22H25FN6O/c1-27-14-4-7-18(27)22(23)19(11-14)28(2)21-8-6-17(25-26-21)16-5-3-15(12-20(16)30)29-10-9-24-13-29/h3,5-6,8-10,12-14,18-19,22,30H,4,7,11H2,1-2H3/t14?,18?,19-,22+/m0/s1. The minimum absolute atomic E-state index is 0.00519. The van der Waals surface area contributed by atoms with Crippen LogP contribution in [0.1, 0.15) is 19.3 Å². The van der Waals surface area contributed by atoms with Gasteiger partial charge in [-0.2, -0.15) is 0 Å². The molecule has 2 fully saturated rings. The largest absolute Gasteiger partial charge is 0.507 e. The van der Waals surface area contributed by atoms with Gasteiger partial charge in [-0.05, 0) is 50.6 Å². The normalized spacial score (nSPS) is 26.1. The quantitative estimate of drug-likeness (QED) is 0.716. The first kappa shape index (κ1) is 19.0. The highest BCUT2D eigenvalue weighted by molar-refractivity contribution is 5.69. The molecule has 1 N–H and O–H groups in total. The van der Waals surface area contributed by atoms with Gasteiger partial charge in [-0.15, -0.1) is 10.2 Å². The van der Waals surface area contributed by atoms with E-state index in [1.807, 2.05) is 54.0 Å². The van der Waals surface area contributed by atoms with Gasteiger partial charge in [0.25, 0.3) is 0 Å². The number of benzene rings is 1. The maximum Gasteiger partial charge on any atom is 0.151 e. The Morgan fingerprint density at radius 1 is 1.17 bits per heavy atom. The van der Waals surface area contributed by atoms with Crippen LogP contribution in [0.2, 0.25) is 0 Å². The molecular formula is C22H25FN6O. The zero-order chi connectivity index (χ0) is 20.8. The van der Waals surface area contributed by atoms with Crippen LogP contribution in [0, 0.1) is 0 Å². The predicted molar refractivity (Wildman–Crippen MR) is 113 cm³/mol. The number of phenols is 1. The molecule has 5 rings (SSSR count). The third kappa shape index (κ3) is 3.11. The molecule has 4 heterocycles. The first-order valence-electron chi connectivity index (χ1n) is 10.3. The number of hydrogen-bond acceptors (Lipinski definition) is 6. The maximum absolute atomic E-state index is 15.1. The summed E-state index contributed by atoms with van der Waals surface area (Å²) in [5.41, 5.74) is 1.98. The van der Waals surface area contributed by atoms with Gasteiger partial charge >= 0.3 is 0 Å². The van der Waals surface area contributed by atoms with Crippen LogP contribution in [0.15, 0.2) is 49.1 Å². The molecule has 2 saturated heterocycles. The van der Waals surface area contributed by atoms with Crippen LogP contribution >= 0.6 is 0 Å². The minimum atomic E-state index is -0.903. The Bertz CT molecular complexity index is 1020. The molecule has 2 bridgehead atoms. The van der Waals surface area contributed by atoms with E-state index in [0.29, 0.717) is 23.1 Å². The molecule has 0 amide bonds. The summed E-state index contributed by atoms with van der Waals surface area (Å²) in [4.78, 5) is 8.13. The van der Waals surface area contributed by atoms with E-state index in [4.69, 9.17) is 0 Å². The lowest BCUT2D eigenvalue weighted by Gasteiger charge is -2.43. The fourth-order valence-electron chi connectivity index (χ4n) is 4.88. The molecule has 0 saturated carbocycles. The lowest BCUT2D eigenvalue weighted by atomic mass is 9.95. The van der Waals surface area contributed by atoms with Crippen LogP contribution in [0.5, 0.6) is 5.75 Å². The van der Waals surface area contributed by atoms with Crippen molar-refractivity contribution in [1.82, 2.24) is 24.6 Å². The first-order valence-corrected chi connectivity index (χ1v) is 10.3. The lowest BCUT2D eigenvalue weighted by Crippen LogP contribution is -2.56. The van der Waals surface area contributed by atoms with E-state index in [1.54, 1.807) is 18.6 Å². The van der Waals surface area contributed by atoms with Crippen molar-refractivity contribution in [2.75, 3.05) is 19.0 Å².